The Bertz CT molecular complexity index is 1110. The maximum atomic E-state index is 14.0. The highest BCUT2D eigenvalue weighted by molar-refractivity contribution is 6.35. The third kappa shape index (κ3) is 8.88. The fourth-order valence-electron chi connectivity index (χ4n) is 3.90. The Balaban J connectivity index is 0.00000432. The zero-order chi connectivity index (χ0) is 24.9. The van der Waals surface area contributed by atoms with E-state index in [-0.39, 0.29) is 23.6 Å². The maximum Gasteiger partial charge on any atom is 0.125 e. The van der Waals surface area contributed by atoms with Crippen LogP contribution in [0.2, 0.25) is 10.0 Å². The molecule has 3 aromatic rings. The molecular weight excluding hydrogens is 504 g/mol. The first-order valence-corrected chi connectivity index (χ1v) is 12.4. The number of rotatable bonds is 9. The van der Waals surface area contributed by atoms with Crippen molar-refractivity contribution in [3.05, 3.63) is 87.7 Å². The van der Waals surface area contributed by atoms with Crippen LogP contribution in [0.15, 0.2) is 60.7 Å². The summed E-state index contributed by atoms with van der Waals surface area (Å²) in [7, 11) is 4.36. The van der Waals surface area contributed by atoms with Crippen molar-refractivity contribution < 1.29 is 21.3 Å². The van der Waals surface area contributed by atoms with Gasteiger partial charge in [0.1, 0.15) is 12.4 Å². The van der Waals surface area contributed by atoms with Crippen LogP contribution in [0.25, 0.3) is 0 Å². The summed E-state index contributed by atoms with van der Waals surface area (Å²) in [4.78, 5) is 0. The van der Waals surface area contributed by atoms with Crippen LogP contribution in [-0.2, 0) is 12.0 Å². The summed E-state index contributed by atoms with van der Waals surface area (Å²) in [6.45, 7) is 9.08. The van der Waals surface area contributed by atoms with E-state index in [2.05, 4.69) is 69.8 Å². The number of benzene rings is 3. The van der Waals surface area contributed by atoms with Crippen LogP contribution >= 0.6 is 23.2 Å². The fourth-order valence-corrected chi connectivity index (χ4v) is 4.37. The van der Waals surface area contributed by atoms with Crippen molar-refractivity contribution in [2.24, 2.45) is 0 Å². The van der Waals surface area contributed by atoms with Gasteiger partial charge in [0, 0.05) is 29.2 Å². The molecular formula is C28H35Cl3FN3. The Labute approximate surface area is 225 Å². The van der Waals surface area contributed by atoms with Crippen molar-refractivity contribution in [1.82, 2.24) is 0 Å². The minimum Gasteiger partial charge on any atom is -1.00 e. The lowest BCUT2D eigenvalue weighted by Gasteiger charge is -2.30. The molecule has 0 aromatic heterocycles. The first-order valence-electron chi connectivity index (χ1n) is 11.6. The summed E-state index contributed by atoms with van der Waals surface area (Å²) in [5.74, 6) is -0.260. The van der Waals surface area contributed by atoms with Crippen molar-refractivity contribution in [1.29, 1.82) is 0 Å². The van der Waals surface area contributed by atoms with Gasteiger partial charge < -0.3 is 27.5 Å². The van der Waals surface area contributed by atoms with Crippen LogP contribution in [0.3, 0.4) is 0 Å². The average Bonchev–Trinajstić information content (AvgIpc) is 2.75. The molecule has 0 saturated carbocycles. The monoisotopic (exact) mass is 537 g/mol. The highest BCUT2D eigenvalue weighted by atomic mass is 35.5. The molecule has 2 N–H and O–H groups in total. The highest BCUT2D eigenvalue weighted by Gasteiger charge is 2.18. The molecule has 0 spiro atoms. The Kier molecular flexibility index (Phi) is 10.3. The van der Waals surface area contributed by atoms with Crippen LogP contribution in [-0.4, -0.2) is 31.7 Å². The first-order chi connectivity index (χ1) is 15.9. The predicted octanol–water partition coefficient (Wildman–Crippen LogP) is 5.26. The predicted molar refractivity (Wildman–Crippen MR) is 145 cm³/mol. The number of anilines is 3. The van der Waals surface area contributed by atoms with Gasteiger partial charge in [-0.1, -0.05) is 62.2 Å². The van der Waals surface area contributed by atoms with Gasteiger partial charge in [0.25, 0.3) is 0 Å². The summed E-state index contributed by atoms with van der Waals surface area (Å²) in [6, 6.07) is 18.8. The molecule has 3 rings (SSSR count). The van der Waals surface area contributed by atoms with E-state index >= 15 is 0 Å². The Hall–Kier alpha value is -1.98. The molecule has 190 valence electrons. The van der Waals surface area contributed by atoms with Gasteiger partial charge in [-0.2, -0.15) is 0 Å². The lowest BCUT2D eigenvalue weighted by atomic mass is 9.87. The van der Waals surface area contributed by atoms with Crippen LogP contribution in [0.5, 0.6) is 0 Å². The molecule has 0 aliphatic rings. The third-order valence-corrected chi connectivity index (χ3v) is 6.47. The minimum absolute atomic E-state index is 0. The largest absolute Gasteiger partial charge is 1.00 e. The number of hydrogen-bond donors (Lipinski definition) is 2. The molecule has 3 nitrogen and oxygen atoms in total. The van der Waals surface area contributed by atoms with E-state index in [1.54, 1.807) is 18.2 Å². The molecule has 0 unspecified atom stereocenters. The topological polar surface area (TPSA) is 24.1 Å². The Morgan fingerprint density at radius 1 is 0.886 bits per heavy atom. The van der Waals surface area contributed by atoms with Gasteiger partial charge in [-0.15, -0.1) is 0 Å². The SMILES string of the molecule is CC(C)(C)c1ccc(Nc2ccc(F)cc2NCCC[N+](C)(C)Cc2ccc(Cl)cc2Cl)cc1.[Cl-]. The van der Waals surface area contributed by atoms with E-state index in [0.717, 1.165) is 53.2 Å². The second kappa shape index (κ2) is 12.3. The van der Waals surface area contributed by atoms with Crippen molar-refractivity contribution in [2.75, 3.05) is 37.8 Å². The number of nitrogens with zero attached hydrogens (tertiary/aromatic N) is 1. The van der Waals surface area contributed by atoms with Crippen molar-refractivity contribution in [3.63, 3.8) is 0 Å². The lowest BCUT2D eigenvalue weighted by molar-refractivity contribution is -0.903. The standard InChI is InChI=1S/C28H35Cl2FN3.ClH/c1-28(2,3)21-8-12-24(13-9-21)33-26-14-11-23(31)18-27(26)32-15-6-16-34(4,5)19-20-7-10-22(29)17-25(20)30;/h7-14,17-18,32-33H,6,15-16,19H2,1-5H3;1H/q+1;/p-1. The smallest absolute Gasteiger partial charge is 0.125 e. The second-order valence-corrected chi connectivity index (χ2v) is 11.3. The first kappa shape index (κ1) is 29.3. The fraction of sp³-hybridized carbons (Fsp3) is 0.357. The summed E-state index contributed by atoms with van der Waals surface area (Å²) in [5, 5.41) is 8.17. The molecule has 0 aliphatic heterocycles. The second-order valence-electron chi connectivity index (χ2n) is 10.5. The number of halogens is 4. The van der Waals surface area contributed by atoms with Crippen LogP contribution < -0.4 is 23.0 Å². The van der Waals surface area contributed by atoms with E-state index in [1.807, 2.05) is 12.1 Å². The molecule has 3 aromatic carbocycles. The molecule has 7 heteroatoms. The van der Waals surface area contributed by atoms with Gasteiger partial charge in [-0.05, 0) is 53.4 Å². The molecule has 0 amide bonds. The molecule has 0 radical (unpaired) electrons. The molecule has 0 aliphatic carbocycles. The van der Waals surface area contributed by atoms with Crippen LogP contribution in [0.1, 0.15) is 38.3 Å². The number of hydrogen-bond acceptors (Lipinski definition) is 2. The summed E-state index contributed by atoms with van der Waals surface area (Å²) < 4.78 is 14.8. The normalized spacial score (nSPS) is 11.7. The van der Waals surface area contributed by atoms with Gasteiger partial charge in [-0.25, -0.2) is 4.39 Å². The zero-order valence-electron chi connectivity index (χ0n) is 21.1. The molecule has 0 bridgehead atoms. The Morgan fingerprint density at radius 3 is 2.20 bits per heavy atom. The Morgan fingerprint density at radius 2 is 1.57 bits per heavy atom. The molecule has 0 fully saturated rings. The van der Waals surface area contributed by atoms with Gasteiger partial charge in [-0.3, -0.25) is 0 Å². The highest BCUT2D eigenvalue weighted by Crippen LogP contribution is 2.29. The third-order valence-electron chi connectivity index (χ3n) is 5.88. The van der Waals surface area contributed by atoms with Crippen LogP contribution in [0, 0.1) is 5.82 Å². The van der Waals surface area contributed by atoms with E-state index in [4.69, 9.17) is 23.2 Å². The van der Waals surface area contributed by atoms with Gasteiger partial charge in [0.15, 0.2) is 0 Å². The van der Waals surface area contributed by atoms with E-state index in [0.29, 0.717) is 10.0 Å². The minimum atomic E-state index is -0.260. The number of quaternary nitrogens is 1. The van der Waals surface area contributed by atoms with E-state index in [9.17, 15) is 4.39 Å². The van der Waals surface area contributed by atoms with E-state index in [1.165, 1.54) is 11.6 Å². The molecule has 0 heterocycles. The molecule has 0 saturated heterocycles. The van der Waals surface area contributed by atoms with E-state index < -0.39 is 0 Å². The van der Waals surface area contributed by atoms with Crippen molar-refractivity contribution in [2.45, 2.75) is 39.2 Å². The quantitative estimate of drug-likeness (QED) is 0.287. The molecule has 35 heavy (non-hydrogen) atoms. The van der Waals surface area contributed by atoms with Crippen molar-refractivity contribution >= 4 is 40.3 Å². The lowest BCUT2D eigenvalue weighted by Crippen LogP contribution is -3.00. The van der Waals surface area contributed by atoms with Gasteiger partial charge in [0.05, 0.1) is 37.0 Å². The van der Waals surface area contributed by atoms with Gasteiger partial charge in [0.2, 0.25) is 0 Å². The maximum absolute atomic E-state index is 14.0. The molecule has 0 atom stereocenters. The van der Waals surface area contributed by atoms with Crippen molar-refractivity contribution in [3.8, 4) is 0 Å². The summed E-state index contributed by atoms with van der Waals surface area (Å²) in [5.41, 5.74) is 5.04. The summed E-state index contributed by atoms with van der Waals surface area (Å²) in [6.07, 6.45) is 0.925. The average molecular weight is 539 g/mol. The van der Waals surface area contributed by atoms with Gasteiger partial charge >= 0.3 is 0 Å². The summed E-state index contributed by atoms with van der Waals surface area (Å²) >= 11 is 12.4. The zero-order valence-corrected chi connectivity index (χ0v) is 23.3. The van der Waals surface area contributed by atoms with Crippen LogP contribution in [0.4, 0.5) is 21.5 Å². The number of nitrogens with one attached hydrogen (secondary N) is 2.